The number of esters is 4. The van der Waals surface area contributed by atoms with E-state index in [9.17, 15) is 28.8 Å². The number of hydrogen-bond donors (Lipinski definition) is 4. The molecule has 0 aromatic rings. The van der Waals surface area contributed by atoms with Crippen LogP contribution in [0.2, 0.25) is 0 Å². The summed E-state index contributed by atoms with van der Waals surface area (Å²) < 4.78 is 8.68. The fourth-order valence-electron chi connectivity index (χ4n) is 1.46. The van der Waals surface area contributed by atoms with Crippen LogP contribution in [0.5, 0.6) is 0 Å². The second-order valence-corrected chi connectivity index (χ2v) is 5.16. The Kier molecular flexibility index (Phi) is 10.4. The largest absolute Gasteiger partial charge is 0.480 e. The number of rotatable bonds is 11. The minimum atomic E-state index is -1.30. The zero-order valence-electron chi connectivity index (χ0n) is 13.7. The smallest absolute Gasteiger partial charge is 0.320 e. The van der Waals surface area contributed by atoms with Crippen LogP contribution in [0.4, 0.5) is 0 Å². The number of carboxylic acids is 2. The van der Waals surface area contributed by atoms with Crippen molar-refractivity contribution in [3.8, 4) is 0 Å². The second kappa shape index (κ2) is 11.7. The molecule has 0 heterocycles. The van der Waals surface area contributed by atoms with Crippen molar-refractivity contribution in [1.29, 1.82) is 0 Å². The Bertz CT molecular complexity index is 524. The molecular weight excluding hydrogens is 356 g/mol. The molecule has 0 aliphatic rings. The molecule has 0 aromatic carbocycles. The molecule has 0 saturated heterocycles. The number of carbonyl (C=O) groups is 6. The topological polar surface area (TPSA) is 213 Å². The summed E-state index contributed by atoms with van der Waals surface area (Å²) in [4.78, 5) is 66.2. The Hall–Kier alpha value is -2.86. The third-order valence-corrected chi connectivity index (χ3v) is 2.94. The van der Waals surface area contributed by atoms with E-state index in [1.165, 1.54) is 0 Å². The molecule has 0 fully saturated rings. The molecule has 0 bridgehead atoms. The van der Waals surface area contributed by atoms with Crippen molar-refractivity contribution in [2.45, 2.75) is 50.6 Å². The van der Waals surface area contributed by atoms with Gasteiger partial charge in [0.15, 0.2) is 0 Å². The molecule has 0 rings (SSSR count). The molecule has 12 nitrogen and oxygen atoms in total. The van der Waals surface area contributed by atoms with Crippen molar-refractivity contribution in [3.63, 3.8) is 0 Å². The van der Waals surface area contributed by atoms with E-state index >= 15 is 0 Å². The van der Waals surface area contributed by atoms with Crippen molar-refractivity contribution >= 4 is 35.8 Å². The highest BCUT2D eigenvalue weighted by Gasteiger charge is 2.19. The van der Waals surface area contributed by atoms with Gasteiger partial charge in [-0.05, 0) is 12.8 Å². The van der Waals surface area contributed by atoms with E-state index in [-0.39, 0.29) is 12.8 Å². The predicted octanol–water partition coefficient (Wildman–Crippen LogP) is -1.71. The molecule has 0 saturated carbocycles. The van der Waals surface area contributed by atoms with Crippen LogP contribution in [0.1, 0.15) is 38.5 Å². The number of carboxylic acid groups (broad SMARTS) is 2. The summed E-state index contributed by atoms with van der Waals surface area (Å²) in [7, 11) is 0. The highest BCUT2D eigenvalue weighted by molar-refractivity contribution is 5.90. The van der Waals surface area contributed by atoms with E-state index < -0.39 is 73.6 Å². The third kappa shape index (κ3) is 10.8. The van der Waals surface area contributed by atoms with Crippen molar-refractivity contribution in [3.05, 3.63) is 0 Å². The molecule has 0 spiro atoms. The first kappa shape index (κ1) is 23.1. The molecule has 0 aromatic heterocycles. The van der Waals surface area contributed by atoms with Gasteiger partial charge in [0.25, 0.3) is 0 Å². The average molecular weight is 376 g/mol. The van der Waals surface area contributed by atoms with Crippen LogP contribution < -0.4 is 11.5 Å². The van der Waals surface area contributed by atoms with Gasteiger partial charge in [-0.1, -0.05) is 0 Å². The lowest BCUT2D eigenvalue weighted by Crippen LogP contribution is -2.31. The maximum absolute atomic E-state index is 11.3. The Balaban J connectivity index is 4.02. The molecule has 2 atom stereocenters. The number of aliphatic carboxylic acids is 2. The van der Waals surface area contributed by atoms with Crippen molar-refractivity contribution < 1.29 is 48.5 Å². The zero-order chi connectivity index (χ0) is 20.3. The molecule has 0 aliphatic carbocycles. The van der Waals surface area contributed by atoms with Crippen LogP contribution >= 0.6 is 0 Å². The monoisotopic (exact) mass is 376 g/mol. The number of carbonyl (C=O) groups excluding carboxylic acids is 4. The van der Waals surface area contributed by atoms with Gasteiger partial charge in [0.05, 0.1) is 12.8 Å². The average Bonchev–Trinajstić information content (AvgIpc) is 2.55. The lowest BCUT2D eigenvalue weighted by atomic mass is 10.2. The second-order valence-electron chi connectivity index (χ2n) is 5.16. The molecule has 26 heavy (non-hydrogen) atoms. The maximum atomic E-state index is 11.3. The summed E-state index contributed by atoms with van der Waals surface area (Å²) >= 11 is 0. The van der Waals surface area contributed by atoms with Gasteiger partial charge in [0, 0.05) is 12.8 Å². The van der Waals surface area contributed by atoms with E-state index in [0.717, 1.165) is 0 Å². The zero-order valence-corrected chi connectivity index (χ0v) is 13.7. The first-order chi connectivity index (χ1) is 12.0. The minimum Gasteiger partial charge on any atom is -0.480 e. The Morgan fingerprint density at radius 3 is 1.15 bits per heavy atom. The first-order valence-electron chi connectivity index (χ1n) is 7.46. The molecular formula is C14H20N2O10. The van der Waals surface area contributed by atoms with E-state index in [4.69, 9.17) is 21.7 Å². The van der Waals surface area contributed by atoms with Crippen LogP contribution in [0, 0.1) is 0 Å². The van der Waals surface area contributed by atoms with Gasteiger partial charge in [-0.2, -0.15) is 0 Å². The molecule has 0 unspecified atom stereocenters. The molecule has 0 aliphatic heterocycles. The van der Waals surface area contributed by atoms with Crippen molar-refractivity contribution in [2.75, 3.05) is 0 Å². The van der Waals surface area contributed by atoms with Crippen LogP contribution in [0.25, 0.3) is 0 Å². The number of hydrogen-bond acceptors (Lipinski definition) is 10. The van der Waals surface area contributed by atoms with E-state index in [1.54, 1.807) is 0 Å². The summed E-state index contributed by atoms with van der Waals surface area (Å²) in [6.07, 6.45) is -2.33. The number of ether oxygens (including phenoxy) is 2. The van der Waals surface area contributed by atoms with E-state index in [0.29, 0.717) is 0 Å². The number of nitrogens with two attached hydrogens (primary N) is 2. The van der Waals surface area contributed by atoms with Gasteiger partial charge in [-0.3, -0.25) is 28.8 Å². The Labute approximate surface area is 147 Å². The summed E-state index contributed by atoms with van der Waals surface area (Å²) in [6.45, 7) is 0. The fraction of sp³-hybridized carbons (Fsp3) is 0.571. The van der Waals surface area contributed by atoms with E-state index in [2.05, 4.69) is 9.47 Å². The maximum Gasteiger partial charge on any atom is 0.320 e. The fourth-order valence-corrected chi connectivity index (χ4v) is 1.46. The van der Waals surface area contributed by atoms with Gasteiger partial charge < -0.3 is 31.2 Å². The Morgan fingerprint density at radius 1 is 0.615 bits per heavy atom. The van der Waals surface area contributed by atoms with Gasteiger partial charge in [-0.15, -0.1) is 0 Å². The molecule has 0 radical (unpaired) electrons. The Morgan fingerprint density at radius 2 is 0.885 bits per heavy atom. The van der Waals surface area contributed by atoms with Crippen LogP contribution in [0.15, 0.2) is 0 Å². The van der Waals surface area contributed by atoms with Crippen LogP contribution in [0.3, 0.4) is 0 Å². The quantitative estimate of drug-likeness (QED) is 0.234. The van der Waals surface area contributed by atoms with Gasteiger partial charge in [0.2, 0.25) is 0 Å². The first-order valence-corrected chi connectivity index (χ1v) is 7.46. The standard InChI is InChI=1S/C14H20N2O10/c15-7(13(21)22)1-3-9(17)25-11(19)5-6-12(20)26-10(18)4-2-8(16)14(23)24/h7-8H,1-6,15-16H2,(H,21,22)(H,23,24)/t7-,8-/m0/s1. The van der Waals surface area contributed by atoms with Gasteiger partial charge in [0.1, 0.15) is 12.1 Å². The molecule has 6 N–H and O–H groups in total. The van der Waals surface area contributed by atoms with Crippen molar-refractivity contribution in [2.24, 2.45) is 11.5 Å². The molecule has 12 heteroatoms. The summed E-state index contributed by atoms with van der Waals surface area (Å²) in [6, 6.07) is -2.54. The highest BCUT2D eigenvalue weighted by Crippen LogP contribution is 2.03. The minimum absolute atomic E-state index is 0.226. The summed E-state index contributed by atoms with van der Waals surface area (Å²) in [5.41, 5.74) is 10.3. The summed E-state index contributed by atoms with van der Waals surface area (Å²) in [5.74, 6) is -6.73. The van der Waals surface area contributed by atoms with Crippen molar-refractivity contribution in [1.82, 2.24) is 0 Å². The normalized spacial score (nSPS) is 12.5. The van der Waals surface area contributed by atoms with Crippen LogP contribution in [-0.2, 0) is 38.2 Å². The van der Waals surface area contributed by atoms with Crippen LogP contribution in [-0.4, -0.2) is 58.1 Å². The highest BCUT2D eigenvalue weighted by atomic mass is 16.6. The SMILES string of the molecule is N[C@@H](CCC(=O)OC(=O)CCC(=O)OC(=O)CC[C@H](N)C(=O)O)C(=O)O. The summed E-state index contributed by atoms with van der Waals surface area (Å²) in [5, 5.41) is 17.1. The van der Waals surface area contributed by atoms with E-state index in [1.807, 2.05) is 0 Å². The van der Waals surface area contributed by atoms with Gasteiger partial charge in [-0.25, -0.2) is 0 Å². The molecule has 0 amide bonds. The van der Waals surface area contributed by atoms with Gasteiger partial charge >= 0.3 is 35.8 Å². The predicted molar refractivity (Wildman–Crippen MR) is 81.1 cm³/mol. The third-order valence-electron chi connectivity index (χ3n) is 2.94. The lowest BCUT2D eigenvalue weighted by molar-refractivity contribution is -0.165. The lowest BCUT2D eigenvalue weighted by Gasteiger charge is -2.07. The molecule has 146 valence electrons.